The highest BCUT2D eigenvalue weighted by molar-refractivity contribution is 5.50. The third-order valence-electron chi connectivity index (χ3n) is 2.95. The number of hydrogen-bond donors (Lipinski definition) is 0. The summed E-state index contributed by atoms with van der Waals surface area (Å²) < 4.78 is 11.1. The fraction of sp³-hybridized carbons (Fsp3) is 0.467. The van der Waals surface area contributed by atoms with Gasteiger partial charge in [0.25, 0.3) is 0 Å². The van der Waals surface area contributed by atoms with E-state index in [2.05, 4.69) is 32.9 Å². The average Bonchev–Trinajstić information content (AvgIpc) is 2.30. The van der Waals surface area contributed by atoms with Crippen molar-refractivity contribution in [2.24, 2.45) is 5.41 Å². The van der Waals surface area contributed by atoms with Gasteiger partial charge in [-0.15, -0.1) is 0 Å². The lowest BCUT2D eigenvalue weighted by Gasteiger charge is -2.39. The van der Waals surface area contributed by atoms with Crippen LogP contribution in [0.4, 0.5) is 0 Å². The number of benzene rings is 1. The first-order valence-corrected chi connectivity index (χ1v) is 5.80. The van der Waals surface area contributed by atoms with Gasteiger partial charge >= 0.3 is 0 Å². The second-order valence-corrected chi connectivity index (χ2v) is 5.07. The van der Waals surface area contributed by atoms with Gasteiger partial charge in [-0.1, -0.05) is 57.2 Å². The van der Waals surface area contributed by atoms with Crippen molar-refractivity contribution >= 4 is 6.08 Å². The SMILES string of the molecule is COC(/C=C/c1ccccc1)(OC)C(C)(C)C. The number of rotatable bonds is 4. The van der Waals surface area contributed by atoms with E-state index in [4.69, 9.17) is 9.47 Å². The van der Waals surface area contributed by atoms with Gasteiger partial charge in [0.1, 0.15) is 0 Å². The smallest absolute Gasteiger partial charge is 0.192 e. The van der Waals surface area contributed by atoms with E-state index in [1.165, 1.54) is 0 Å². The molecule has 1 rings (SSSR count). The zero-order valence-electron chi connectivity index (χ0n) is 11.4. The molecule has 0 aliphatic rings. The highest BCUT2D eigenvalue weighted by Crippen LogP contribution is 2.35. The first kappa shape index (κ1) is 13.9. The molecule has 0 radical (unpaired) electrons. The lowest BCUT2D eigenvalue weighted by molar-refractivity contribution is -0.228. The van der Waals surface area contributed by atoms with Gasteiger partial charge in [0.2, 0.25) is 0 Å². The van der Waals surface area contributed by atoms with Gasteiger partial charge < -0.3 is 9.47 Å². The van der Waals surface area contributed by atoms with Crippen LogP contribution < -0.4 is 0 Å². The predicted octanol–water partition coefficient (Wildman–Crippen LogP) is 3.74. The van der Waals surface area contributed by atoms with Crippen LogP contribution >= 0.6 is 0 Å². The van der Waals surface area contributed by atoms with Crippen LogP contribution in [0.15, 0.2) is 36.4 Å². The van der Waals surface area contributed by atoms with Crippen molar-refractivity contribution in [2.45, 2.75) is 26.6 Å². The molecule has 0 fully saturated rings. The van der Waals surface area contributed by atoms with E-state index in [1.54, 1.807) is 14.2 Å². The summed E-state index contributed by atoms with van der Waals surface area (Å²) in [6, 6.07) is 10.1. The Morgan fingerprint density at radius 3 is 1.88 bits per heavy atom. The molecule has 0 saturated heterocycles. The topological polar surface area (TPSA) is 18.5 Å². The molecule has 94 valence electrons. The van der Waals surface area contributed by atoms with Crippen LogP contribution in [0.2, 0.25) is 0 Å². The monoisotopic (exact) mass is 234 g/mol. The normalized spacial score (nSPS) is 13.2. The molecule has 0 aliphatic heterocycles. The summed E-state index contributed by atoms with van der Waals surface area (Å²) >= 11 is 0. The molecule has 0 unspecified atom stereocenters. The highest BCUT2D eigenvalue weighted by Gasteiger charge is 2.40. The zero-order valence-corrected chi connectivity index (χ0v) is 11.4. The van der Waals surface area contributed by atoms with Crippen LogP contribution in [0.3, 0.4) is 0 Å². The molecule has 0 spiro atoms. The van der Waals surface area contributed by atoms with Crippen molar-refractivity contribution in [3.05, 3.63) is 42.0 Å². The Bertz CT molecular complexity index is 356. The van der Waals surface area contributed by atoms with E-state index in [1.807, 2.05) is 30.4 Å². The Balaban J connectivity index is 2.99. The molecule has 1 aromatic rings. The molecule has 17 heavy (non-hydrogen) atoms. The van der Waals surface area contributed by atoms with E-state index >= 15 is 0 Å². The minimum absolute atomic E-state index is 0.137. The Morgan fingerprint density at radius 1 is 0.941 bits per heavy atom. The quantitative estimate of drug-likeness (QED) is 0.739. The van der Waals surface area contributed by atoms with Crippen molar-refractivity contribution in [2.75, 3.05) is 14.2 Å². The summed E-state index contributed by atoms with van der Waals surface area (Å²) in [7, 11) is 3.34. The van der Waals surface area contributed by atoms with E-state index in [9.17, 15) is 0 Å². The zero-order chi connectivity index (χ0) is 12.9. The molecule has 0 aromatic heterocycles. The van der Waals surface area contributed by atoms with Crippen molar-refractivity contribution in [1.82, 2.24) is 0 Å². The van der Waals surface area contributed by atoms with Gasteiger partial charge in [0.15, 0.2) is 5.79 Å². The van der Waals surface area contributed by atoms with Crippen LogP contribution in [0.25, 0.3) is 6.08 Å². The molecule has 0 N–H and O–H groups in total. The van der Waals surface area contributed by atoms with Gasteiger partial charge in [-0.3, -0.25) is 0 Å². The molecule has 0 amide bonds. The lowest BCUT2D eigenvalue weighted by Crippen LogP contribution is -2.44. The first-order valence-electron chi connectivity index (χ1n) is 5.80. The summed E-state index contributed by atoms with van der Waals surface area (Å²) in [5.41, 5.74) is 0.997. The van der Waals surface area contributed by atoms with Gasteiger partial charge in [-0.2, -0.15) is 0 Å². The maximum Gasteiger partial charge on any atom is 0.192 e. The van der Waals surface area contributed by atoms with E-state index < -0.39 is 5.79 Å². The Labute approximate surface area is 104 Å². The highest BCUT2D eigenvalue weighted by atomic mass is 16.7. The average molecular weight is 234 g/mol. The van der Waals surface area contributed by atoms with Gasteiger partial charge in [-0.05, 0) is 11.6 Å². The van der Waals surface area contributed by atoms with Crippen LogP contribution in [0.5, 0.6) is 0 Å². The molecule has 2 heteroatoms. The van der Waals surface area contributed by atoms with Gasteiger partial charge in [0, 0.05) is 19.6 Å². The minimum Gasteiger partial charge on any atom is -0.349 e. The molecule has 0 atom stereocenters. The largest absolute Gasteiger partial charge is 0.349 e. The summed E-state index contributed by atoms with van der Waals surface area (Å²) in [5, 5.41) is 0. The Hall–Kier alpha value is -1.12. The lowest BCUT2D eigenvalue weighted by atomic mass is 9.84. The number of ether oxygens (including phenoxy) is 2. The summed E-state index contributed by atoms with van der Waals surface area (Å²) in [6.07, 6.45) is 4.00. The second-order valence-electron chi connectivity index (χ2n) is 5.07. The first-order chi connectivity index (χ1) is 7.95. The van der Waals surface area contributed by atoms with E-state index in [0.717, 1.165) is 5.56 Å². The third kappa shape index (κ3) is 3.18. The van der Waals surface area contributed by atoms with Gasteiger partial charge in [0.05, 0.1) is 0 Å². The van der Waals surface area contributed by atoms with Crippen LogP contribution in [-0.4, -0.2) is 20.0 Å². The van der Waals surface area contributed by atoms with Crippen molar-refractivity contribution < 1.29 is 9.47 Å². The number of hydrogen-bond acceptors (Lipinski definition) is 2. The van der Waals surface area contributed by atoms with Crippen LogP contribution in [0.1, 0.15) is 26.3 Å². The fourth-order valence-corrected chi connectivity index (χ4v) is 1.85. The van der Waals surface area contributed by atoms with E-state index in [-0.39, 0.29) is 5.41 Å². The Kier molecular flexibility index (Phi) is 4.49. The second kappa shape index (κ2) is 5.48. The number of methoxy groups -OCH3 is 2. The maximum atomic E-state index is 5.56. The van der Waals surface area contributed by atoms with E-state index in [0.29, 0.717) is 0 Å². The summed E-state index contributed by atoms with van der Waals surface area (Å²) in [4.78, 5) is 0. The Morgan fingerprint density at radius 2 is 1.47 bits per heavy atom. The molecule has 0 aliphatic carbocycles. The molecule has 0 saturated carbocycles. The fourth-order valence-electron chi connectivity index (χ4n) is 1.85. The van der Waals surface area contributed by atoms with Crippen LogP contribution in [-0.2, 0) is 9.47 Å². The predicted molar refractivity (Wildman–Crippen MR) is 71.7 cm³/mol. The maximum absolute atomic E-state index is 5.56. The molecule has 1 aromatic carbocycles. The van der Waals surface area contributed by atoms with Gasteiger partial charge in [-0.25, -0.2) is 0 Å². The molecule has 0 bridgehead atoms. The standard InChI is InChI=1S/C15H22O2/c1-14(2,3)15(16-4,17-5)12-11-13-9-7-6-8-10-13/h6-12H,1-5H3/b12-11+. The summed E-state index contributed by atoms with van der Waals surface area (Å²) in [6.45, 7) is 6.28. The van der Waals surface area contributed by atoms with Crippen molar-refractivity contribution in [3.63, 3.8) is 0 Å². The molecule has 0 heterocycles. The summed E-state index contributed by atoms with van der Waals surface area (Å²) in [5.74, 6) is -0.706. The van der Waals surface area contributed by atoms with Crippen LogP contribution in [0, 0.1) is 5.41 Å². The molecular weight excluding hydrogens is 212 g/mol. The molecular formula is C15H22O2. The third-order valence-corrected chi connectivity index (χ3v) is 2.95. The minimum atomic E-state index is -0.706. The van der Waals surface area contributed by atoms with Crippen molar-refractivity contribution in [3.8, 4) is 0 Å². The van der Waals surface area contributed by atoms with Crippen molar-refractivity contribution in [1.29, 1.82) is 0 Å². The molecule has 2 nitrogen and oxygen atoms in total.